The summed E-state index contributed by atoms with van der Waals surface area (Å²) in [7, 11) is 0. The van der Waals surface area contributed by atoms with Crippen LogP contribution in [0.15, 0.2) is 4.42 Å². The van der Waals surface area contributed by atoms with Gasteiger partial charge in [-0.2, -0.15) is 0 Å². The van der Waals surface area contributed by atoms with Crippen molar-refractivity contribution in [3.63, 3.8) is 0 Å². The van der Waals surface area contributed by atoms with E-state index in [2.05, 4.69) is 10.2 Å². The SMILES string of the molecule is CC(Cl)c1nnc(C2CCCCCCC2)o1. The third-order valence-electron chi connectivity index (χ3n) is 3.25. The molecule has 1 aliphatic rings. The fourth-order valence-corrected chi connectivity index (χ4v) is 2.36. The molecule has 3 nitrogen and oxygen atoms in total. The van der Waals surface area contributed by atoms with Crippen LogP contribution in [0.2, 0.25) is 0 Å². The van der Waals surface area contributed by atoms with Crippen LogP contribution in [-0.4, -0.2) is 10.2 Å². The predicted molar refractivity (Wildman–Crippen MR) is 63.6 cm³/mol. The largest absolute Gasteiger partial charge is 0.423 e. The summed E-state index contributed by atoms with van der Waals surface area (Å²) < 4.78 is 5.63. The smallest absolute Gasteiger partial charge is 0.234 e. The van der Waals surface area contributed by atoms with Crippen molar-refractivity contribution in [3.8, 4) is 0 Å². The van der Waals surface area contributed by atoms with E-state index < -0.39 is 0 Å². The fourth-order valence-electron chi connectivity index (χ4n) is 2.28. The predicted octanol–water partition coefficient (Wildman–Crippen LogP) is 4.20. The summed E-state index contributed by atoms with van der Waals surface area (Å²) in [5.41, 5.74) is 0. The van der Waals surface area contributed by atoms with Crippen molar-refractivity contribution in [3.05, 3.63) is 11.8 Å². The molecule has 0 radical (unpaired) electrons. The molecule has 1 fully saturated rings. The monoisotopic (exact) mass is 242 g/mol. The highest BCUT2D eigenvalue weighted by Crippen LogP contribution is 2.31. The van der Waals surface area contributed by atoms with Crippen LogP contribution < -0.4 is 0 Å². The number of hydrogen-bond acceptors (Lipinski definition) is 3. The maximum Gasteiger partial charge on any atom is 0.234 e. The number of hydrogen-bond donors (Lipinski definition) is 0. The van der Waals surface area contributed by atoms with E-state index in [1.807, 2.05) is 6.92 Å². The van der Waals surface area contributed by atoms with Crippen LogP contribution in [0.1, 0.15) is 74.9 Å². The minimum Gasteiger partial charge on any atom is -0.423 e. The molecule has 0 spiro atoms. The van der Waals surface area contributed by atoms with Gasteiger partial charge in [-0.3, -0.25) is 0 Å². The summed E-state index contributed by atoms with van der Waals surface area (Å²) in [6.07, 6.45) is 8.96. The van der Waals surface area contributed by atoms with Gasteiger partial charge in [-0.15, -0.1) is 21.8 Å². The lowest BCUT2D eigenvalue weighted by Gasteiger charge is -2.15. The Hall–Kier alpha value is -0.570. The maximum atomic E-state index is 5.92. The van der Waals surface area contributed by atoms with Gasteiger partial charge in [-0.1, -0.05) is 32.1 Å². The molecule has 1 atom stereocenters. The van der Waals surface area contributed by atoms with Crippen molar-refractivity contribution >= 4 is 11.6 Å². The first-order valence-electron chi connectivity index (χ1n) is 6.24. The highest BCUT2D eigenvalue weighted by atomic mass is 35.5. The summed E-state index contributed by atoms with van der Waals surface area (Å²) in [5.74, 6) is 1.81. The maximum absolute atomic E-state index is 5.92. The molecule has 16 heavy (non-hydrogen) atoms. The van der Waals surface area contributed by atoms with Gasteiger partial charge in [0.05, 0.1) is 0 Å². The van der Waals surface area contributed by atoms with Gasteiger partial charge in [0.1, 0.15) is 5.38 Å². The standard InChI is InChI=1S/C12H19ClN2O/c1-9(13)11-14-15-12(16-11)10-7-5-3-2-4-6-8-10/h9-10H,2-8H2,1H3. The number of nitrogens with zero attached hydrogens (tertiary/aromatic N) is 2. The van der Waals surface area contributed by atoms with Crippen LogP contribution in [-0.2, 0) is 0 Å². The van der Waals surface area contributed by atoms with Crippen LogP contribution in [0.25, 0.3) is 0 Å². The topological polar surface area (TPSA) is 38.9 Å². The minimum absolute atomic E-state index is 0.185. The summed E-state index contributed by atoms with van der Waals surface area (Å²) in [5, 5.41) is 7.94. The molecule has 0 aromatic carbocycles. The summed E-state index contributed by atoms with van der Waals surface area (Å²) in [6.45, 7) is 1.86. The van der Waals surface area contributed by atoms with E-state index in [4.69, 9.17) is 16.0 Å². The molecule has 0 saturated heterocycles. The van der Waals surface area contributed by atoms with Gasteiger partial charge in [0, 0.05) is 5.92 Å². The van der Waals surface area contributed by atoms with Gasteiger partial charge in [-0.25, -0.2) is 0 Å². The molecule has 0 amide bonds. The van der Waals surface area contributed by atoms with Crippen molar-refractivity contribution in [1.82, 2.24) is 10.2 Å². The first-order chi connectivity index (χ1) is 7.77. The lowest BCUT2D eigenvalue weighted by molar-refractivity contribution is 0.363. The molecule has 0 aliphatic heterocycles. The first kappa shape index (κ1) is 11.9. The van der Waals surface area contributed by atoms with Crippen molar-refractivity contribution in [1.29, 1.82) is 0 Å². The quantitative estimate of drug-likeness (QED) is 0.730. The van der Waals surface area contributed by atoms with E-state index >= 15 is 0 Å². The lowest BCUT2D eigenvalue weighted by atomic mass is 9.91. The Morgan fingerprint density at radius 3 is 2.31 bits per heavy atom. The van der Waals surface area contributed by atoms with E-state index in [9.17, 15) is 0 Å². The molecule has 90 valence electrons. The highest BCUT2D eigenvalue weighted by molar-refractivity contribution is 6.20. The second-order valence-corrected chi connectivity index (χ2v) is 5.29. The molecular weight excluding hydrogens is 224 g/mol. The van der Waals surface area contributed by atoms with E-state index in [0.717, 1.165) is 5.89 Å². The third-order valence-corrected chi connectivity index (χ3v) is 3.44. The molecule has 1 unspecified atom stereocenters. The van der Waals surface area contributed by atoms with E-state index in [1.165, 1.54) is 44.9 Å². The van der Waals surface area contributed by atoms with Crippen molar-refractivity contribution in [2.45, 2.75) is 63.2 Å². The zero-order valence-electron chi connectivity index (χ0n) is 9.79. The van der Waals surface area contributed by atoms with Gasteiger partial charge in [0.25, 0.3) is 0 Å². The zero-order chi connectivity index (χ0) is 11.4. The number of alkyl halides is 1. The van der Waals surface area contributed by atoms with Gasteiger partial charge >= 0.3 is 0 Å². The molecule has 0 N–H and O–H groups in total. The number of rotatable bonds is 2. The number of aromatic nitrogens is 2. The number of halogens is 1. The van der Waals surface area contributed by atoms with Gasteiger partial charge in [0.2, 0.25) is 11.8 Å². The van der Waals surface area contributed by atoms with Crippen LogP contribution in [0, 0.1) is 0 Å². The molecule has 0 bridgehead atoms. The lowest BCUT2D eigenvalue weighted by Crippen LogP contribution is -2.02. The van der Waals surface area contributed by atoms with Crippen LogP contribution in [0.4, 0.5) is 0 Å². The Morgan fingerprint density at radius 2 is 1.75 bits per heavy atom. The molecule has 4 heteroatoms. The Kier molecular flexibility index (Phi) is 4.22. The van der Waals surface area contributed by atoms with E-state index in [1.54, 1.807) is 0 Å². The summed E-state index contributed by atoms with van der Waals surface area (Å²) in [6, 6.07) is 0. The molecule has 1 aliphatic carbocycles. The van der Waals surface area contributed by atoms with Gasteiger partial charge in [-0.05, 0) is 19.8 Å². The molecule has 1 saturated carbocycles. The average molecular weight is 243 g/mol. The summed E-state index contributed by atoms with van der Waals surface area (Å²) in [4.78, 5) is 0. The summed E-state index contributed by atoms with van der Waals surface area (Å²) >= 11 is 5.92. The fraction of sp³-hybridized carbons (Fsp3) is 0.833. The Bertz CT molecular complexity index is 317. The second kappa shape index (κ2) is 5.67. The van der Waals surface area contributed by atoms with Crippen molar-refractivity contribution in [2.75, 3.05) is 0 Å². The van der Waals surface area contributed by atoms with E-state index in [0.29, 0.717) is 11.8 Å². The normalized spacial score (nSPS) is 21.4. The Labute approximate surface area is 102 Å². The molecule has 1 aromatic rings. The van der Waals surface area contributed by atoms with Gasteiger partial charge < -0.3 is 4.42 Å². The van der Waals surface area contributed by atoms with Crippen molar-refractivity contribution < 1.29 is 4.42 Å². The average Bonchev–Trinajstić information content (AvgIpc) is 2.66. The second-order valence-electron chi connectivity index (χ2n) is 4.64. The van der Waals surface area contributed by atoms with Crippen LogP contribution in [0.3, 0.4) is 0 Å². The third kappa shape index (κ3) is 2.97. The van der Waals surface area contributed by atoms with Crippen LogP contribution >= 0.6 is 11.6 Å². The van der Waals surface area contributed by atoms with E-state index in [-0.39, 0.29) is 5.38 Å². The molecule has 2 rings (SSSR count). The Morgan fingerprint density at radius 1 is 1.12 bits per heavy atom. The molecule has 1 heterocycles. The highest BCUT2D eigenvalue weighted by Gasteiger charge is 2.20. The van der Waals surface area contributed by atoms with Crippen LogP contribution in [0.5, 0.6) is 0 Å². The molecular formula is C12H19ClN2O. The van der Waals surface area contributed by atoms with Gasteiger partial charge in [0.15, 0.2) is 0 Å². The zero-order valence-corrected chi connectivity index (χ0v) is 10.5. The minimum atomic E-state index is -0.185. The molecule has 1 aromatic heterocycles. The Balaban J connectivity index is 2.02. The first-order valence-corrected chi connectivity index (χ1v) is 6.68. The van der Waals surface area contributed by atoms with Crippen molar-refractivity contribution in [2.24, 2.45) is 0 Å².